The Balaban J connectivity index is 1.35. The van der Waals surface area contributed by atoms with E-state index < -0.39 is 0 Å². The van der Waals surface area contributed by atoms with Crippen molar-refractivity contribution in [3.8, 4) is 11.5 Å². The van der Waals surface area contributed by atoms with Crippen molar-refractivity contribution < 1.29 is 14.6 Å². The Bertz CT molecular complexity index is 915. The Morgan fingerprint density at radius 2 is 2.13 bits per heavy atom. The molecule has 9 heteroatoms. The number of nitrogens with one attached hydrogen (secondary N) is 1. The summed E-state index contributed by atoms with van der Waals surface area (Å²) in [6.45, 7) is 5.32. The number of phenolic OH excluding ortho intramolecular Hbond substituents is 1. The van der Waals surface area contributed by atoms with Crippen molar-refractivity contribution in [1.29, 1.82) is 0 Å². The lowest BCUT2D eigenvalue weighted by Crippen LogP contribution is -2.41. The van der Waals surface area contributed by atoms with Crippen molar-refractivity contribution in [3.63, 3.8) is 0 Å². The second kappa shape index (κ2) is 9.65. The Hall–Kier alpha value is -2.65. The van der Waals surface area contributed by atoms with Gasteiger partial charge in [-0.25, -0.2) is 0 Å². The Kier molecular flexibility index (Phi) is 6.72. The summed E-state index contributed by atoms with van der Waals surface area (Å²) in [5.41, 5.74) is 0.849. The first kappa shape index (κ1) is 21.6. The highest BCUT2D eigenvalue weighted by Gasteiger charge is 2.25. The summed E-state index contributed by atoms with van der Waals surface area (Å²) >= 11 is 0. The third-order valence-electron chi connectivity index (χ3n) is 6.31. The third kappa shape index (κ3) is 4.99. The van der Waals surface area contributed by atoms with Gasteiger partial charge in [-0.1, -0.05) is 12.1 Å². The molecule has 1 aromatic carbocycles. The molecular weight excluding hydrogens is 396 g/mol. The van der Waals surface area contributed by atoms with Gasteiger partial charge in [0.1, 0.15) is 5.82 Å². The van der Waals surface area contributed by atoms with Gasteiger partial charge in [0.2, 0.25) is 5.91 Å². The predicted molar refractivity (Wildman–Crippen MR) is 116 cm³/mol. The second-order valence-corrected chi connectivity index (χ2v) is 8.50. The number of hydrogen-bond acceptors (Lipinski definition) is 7. The molecule has 2 aliphatic heterocycles. The van der Waals surface area contributed by atoms with Crippen molar-refractivity contribution in [2.75, 3.05) is 40.3 Å². The molecule has 1 unspecified atom stereocenters. The molecule has 0 aliphatic carbocycles. The minimum atomic E-state index is 0.0521. The quantitative estimate of drug-likeness (QED) is 0.709. The number of likely N-dealkylation sites (tertiary alicyclic amines) is 1. The Labute approximate surface area is 183 Å². The topological polar surface area (TPSA) is 95.7 Å². The van der Waals surface area contributed by atoms with Crippen LogP contribution < -0.4 is 10.1 Å². The Morgan fingerprint density at radius 1 is 1.26 bits per heavy atom. The van der Waals surface area contributed by atoms with Crippen LogP contribution in [0.3, 0.4) is 0 Å². The van der Waals surface area contributed by atoms with E-state index in [9.17, 15) is 9.90 Å². The van der Waals surface area contributed by atoms with Gasteiger partial charge in [0, 0.05) is 44.7 Å². The zero-order valence-corrected chi connectivity index (χ0v) is 18.4. The van der Waals surface area contributed by atoms with Crippen LogP contribution in [-0.4, -0.2) is 75.9 Å². The van der Waals surface area contributed by atoms with Crippen molar-refractivity contribution in [2.45, 2.75) is 38.9 Å². The first-order valence-electron chi connectivity index (χ1n) is 11.0. The molecule has 4 rings (SSSR count). The summed E-state index contributed by atoms with van der Waals surface area (Å²) in [6, 6.07) is 5.58. The van der Waals surface area contributed by atoms with Gasteiger partial charge in [-0.2, -0.15) is 0 Å². The SMILES string of the molecule is COc1cccc(CN2CCc3nnc(CNC(=O)C4CCCN(C)C4)n3CC2)c1O. The van der Waals surface area contributed by atoms with Crippen LogP contribution in [0.2, 0.25) is 0 Å². The number of amides is 1. The smallest absolute Gasteiger partial charge is 0.224 e. The first-order valence-corrected chi connectivity index (χ1v) is 11.0. The number of ether oxygens (including phenoxy) is 1. The van der Waals surface area contributed by atoms with Crippen molar-refractivity contribution in [3.05, 3.63) is 35.4 Å². The number of aromatic hydroxyl groups is 1. The molecule has 31 heavy (non-hydrogen) atoms. The van der Waals surface area contributed by atoms with Crippen molar-refractivity contribution in [2.24, 2.45) is 5.92 Å². The van der Waals surface area contributed by atoms with Crippen LogP contribution in [0.5, 0.6) is 11.5 Å². The molecule has 168 valence electrons. The molecule has 0 spiro atoms. The highest BCUT2D eigenvalue weighted by molar-refractivity contribution is 5.78. The van der Waals surface area contributed by atoms with E-state index >= 15 is 0 Å². The summed E-state index contributed by atoms with van der Waals surface area (Å²) in [4.78, 5) is 17.1. The molecule has 0 radical (unpaired) electrons. The van der Waals surface area contributed by atoms with E-state index in [-0.39, 0.29) is 17.6 Å². The fraction of sp³-hybridized carbons (Fsp3) is 0.591. The van der Waals surface area contributed by atoms with Crippen LogP contribution in [-0.2, 0) is 30.8 Å². The highest BCUT2D eigenvalue weighted by Crippen LogP contribution is 2.30. The van der Waals surface area contributed by atoms with Gasteiger partial charge in [-0.15, -0.1) is 10.2 Å². The molecule has 1 atom stereocenters. The van der Waals surface area contributed by atoms with E-state index in [1.807, 2.05) is 12.1 Å². The summed E-state index contributed by atoms with van der Waals surface area (Å²) in [5.74, 6) is 2.60. The zero-order valence-electron chi connectivity index (χ0n) is 18.4. The zero-order chi connectivity index (χ0) is 21.8. The number of benzene rings is 1. The van der Waals surface area contributed by atoms with E-state index in [2.05, 4.69) is 36.9 Å². The van der Waals surface area contributed by atoms with E-state index in [0.29, 0.717) is 18.8 Å². The molecule has 1 amide bonds. The molecule has 3 heterocycles. The standard InChI is InChI=1S/C22H32N6O3/c1-26-9-4-6-17(14-26)22(30)23-13-20-25-24-19-8-10-27(11-12-28(19)20)15-16-5-3-7-18(31-2)21(16)29/h3,5,7,17,29H,4,6,8-15H2,1-2H3,(H,23,30). The van der Waals surface area contributed by atoms with E-state index in [0.717, 1.165) is 69.2 Å². The molecule has 1 aromatic heterocycles. The number of methoxy groups -OCH3 is 1. The van der Waals surface area contributed by atoms with Gasteiger partial charge < -0.3 is 24.6 Å². The maximum Gasteiger partial charge on any atom is 0.224 e. The van der Waals surface area contributed by atoms with Crippen molar-refractivity contribution >= 4 is 5.91 Å². The molecule has 1 fully saturated rings. The molecule has 2 aromatic rings. The third-order valence-corrected chi connectivity index (χ3v) is 6.31. The van der Waals surface area contributed by atoms with Crippen LogP contribution in [0.25, 0.3) is 0 Å². The lowest BCUT2D eigenvalue weighted by molar-refractivity contribution is -0.126. The molecule has 0 bridgehead atoms. The average Bonchev–Trinajstić information content (AvgIpc) is 3.05. The lowest BCUT2D eigenvalue weighted by atomic mass is 9.98. The van der Waals surface area contributed by atoms with Gasteiger partial charge >= 0.3 is 0 Å². The van der Waals surface area contributed by atoms with Gasteiger partial charge in [-0.3, -0.25) is 9.69 Å². The summed E-state index contributed by atoms with van der Waals surface area (Å²) in [5, 5.41) is 22.2. The summed E-state index contributed by atoms with van der Waals surface area (Å²) in [6.07, 6.45) is 2.78. The molecule has 0 saturated carbocycles. The minimum Gasteiger partial charge on any atom is -0.504 e. The van der Waals surface area contributed by atoms with Crippen LogP contribution in [0.1, 0.15) is 30.1 Å². The molecular formula is C22H32N6O3. The lowest BCUT2D eigenvalue weighted by Gasteiger charge is -2.28. The first-order chi connectivity index (χ1) is 15.0. The second-order valence-electron chi connectivity index (χ2n) is 8.50. The van der Waals surface area contributed by atoms with Crippen LogP contribution in [0.15, 0.2) is 18.2 Å². The molecule has 9 nitrogen and oxygen atoms in total. The number of fused-ring (bicyclic) bond motifs is 1. The summed E-state index contributed by atoms with van der Waals surface area (Å²) in [7, 11) is 3.62. The molecule has 2 aliphatic rings. The Morgan fingerprint density at radius 3 is 2.94 bits per heavy atom. The van der Waals surface area contributed by atoms with Crippen LogP contribution >= 0.6 is 0 Å². The van der Waals surface area contributed by atoms with E-state index in [1.54, 1.807) is 13.2 Å². The summed E-state index contributed by atoms with van der Waals surface area (Å²) < 4.78 is 7.35. The number of piperidine rings is 1. The fourth-order valence-corrected chi connectivity index (χ4v) is 4.51. The van der Waals surface area contributed by atoms with Gasteiger partial charge in [0.05, 0.1) is 19.6 Å². The average molecular weight is 429 g/mol. The van der Waals surface area contributed by atoms with E-state index in [1.165, 1.54) is 0 Å². The minimum absolute atomic E-state index is 0.0521. The number of rotatable bonds is 6. The number of para-hydroxylation sites is 1. The maximum atomic E-state index is 12.6. The van der Waals surface area contributed by atoms with Crippen molar-refractivity contribution in [1.82, 2.24) is 29.9 Å². The number of carbonyl (C=O) groups is 1. The number of aromatic nitrogens is 3. The monoisotopic (exact) mass is 428 g/mol. The number of hydrogen-bond donors (Lipinski definition) is 2. The fourth-order valence-electron chi connectivity index (χ4n) is 4.51. The number of phenols is 1. The normalized spacial score (nSPS) is 20.1. The molecule has 2 N–H and O–H groups in total. The highest BCUT2D eigenvalue weighted by atomic mass is 16.5. The van der Waals surface area contributed by atoms with E-state index in [4.69, 9.17) is 4.74 Å². The maximum absolute atomic E-state index is 12.6. The number of nitrogens with zero attached hydrogens (tertiary/aromatic N) is 5. The number of carbonyl (C=O) groups excluding carboxylic acids is 1. The molecule has 1 saturated heterocycles. The van der Waals surface area contributed by atoms with Crippen LogP contribution in [0, 0.1) is 5.92 Å². The van der Waals surface area contributed by atoms with Gasteiger partial charge in [-0.05, 0) is 32.5 Å². The predicted octanol–water partition coefficient (Wildman–Crippen LogP) is 1.01. The van der Waals surface area contributed by atoms with Gasteiger partial charge in [0.15, 0.2) is 17.3 Å². The largest absolute Gasteiger partial charge is 0.504 e. The van der Waals surface area contributed by atoms with Crippen LogP contribution in [0.4, 0.5) is 0 Å². The van der Waals surface area contributed by atoms with Gasteiger partial charge in [0.25, 0.3) is 0 Å².